The molecule has 1 aliphatic carbocycles. The van der Waals surface area contributed by atoms with Crippen LogP contribution in [0.4, 0.5) is 0 Å². The highest BCUT2D eigenvalue weighted by atomic mass is 16.1. The number of amides is 1. The van der Waals surface area contributed by atoms with E-state index in [-0.39, 0.29) is 5.91 Å². The molecule has 106 valence electrons. The molecule has 1 heterocycles. The normalized spacial score (nSPS) is 22.2. The first kappa shape index (κ1) is 13.2. The average molecular weight is 270 g/mol. The summed E-state index contributed by atoms with van der Waals surface area (Å²) in [6.45, 7) is 3.14. The van der Waals surface area contributed by atoms with Gasteiger partial charge in [-0.1, -0.05) is 31.5 Å². The standard InChI is InChI=1S/C17H22N2O/c1-12-6-7-13(8-12)10-19-17(20)9-14-11-18-16-5-3-2-4-15(14)16/h2-5,11-13,18H,6-10H2,1H3,(H,19,20). The number of para-hydroxylation sites is 1. The first-order chi connectivity index (χ1) is 9.72. The Hall–Kier alpha value is -1.77. The van der Waals surface area contributed by atoms with E-state index in [4.69, 9.17) is 0 Å². The third-order valence-corrected chi connectivity index (χ3v) is 4.42. The lowest BCUT2D eigenvalue weighted by atomic mass is 10.1. The third kappa shape index (κ3) is 2.87. The van der Waals surface area contributed by atoms with Crippen LogP contribution in [0, 0.1) is 11.8 Å². The van der Waals surface area contributed by atoms with Crippen molar-refractivity contribution in [3.05, 3.63) is 36.0 Å². The van der Waals surface area contributed by atoms with Crippen molar-refractivity contribution in [3.63, 3.8) is 0 Å². The Morgan fingerprint density at radius 2 is 2.20 bits per heavy atom. The van der Waals surface area contributed by atoms with Crippen LogP contribution in [0.5, 0.6) is 0 Å². The molecule has 0 radical (unpaired) electrons. The summed E-state index contributed by atoms with van der Waals surface area (Å²) in [5.41, 5.74) is 2.18. The van der Waals surface area contributed by atoms with E-state index >= 15 is 0 Å². The molecule has 1 amide bonds. The van der Waals surface area contributed by atoms with Gasteiger partial charge in [-0.2, -0.15) is 0 Å². The van der Waals surface area contributed by atoms with Crippen molar-refractivity contribution < 1.29 is 4.79 Å². The molecule has 3 heteroatoms. The van der Waals surface area contributed by atoms with Crippen molar-refractivity contribution >= 4 is 16.8 Å². The van der Waals surface area contributed by atoms with Gasteiger partial charge in [0, 0.05) is 23.6 Å². The molecule has 2 aromatic rings. The molecular formula is C17H22N2O. The molecule has 0 aliphatic heterocycles. The van der Waals surface area contributed by atoms with Crippen molar-refractivity contribution in [1.82, 2.24) is 10.3 Å². The van der Waals surface area contributed by atoms with Crippen LogP contribution in [0.3, 0.4) is 0 Å². The number of rotatable bonds is 4. The molecule has 2 atom stereocenters. The van der Waals surface area contributed by atoms with Gasteiger partial charge in [0.2, 0.25) is 5.91 Å². The highest BCUT2D eigenvalue weighted by Gasteiger charge is 2.21. The minimum absolute atomic E-state index is 0.134. The van der Waals surface area contributed by atoms with Crippen LogP contribution in [-0.4, -0.2) is 17.4 Å². The zero-order chi connectivity index (χ0) is 13.9. The Kier molecular flexibility index (Phi) is 3.77. The summed E-state index contributed by atoms with van der Waals surface area (Å²) in [6, 6.07) is 8.12. The van der Waals surface area contributed by atoms with Gasteiger partial charge in [0.25, 0.3) is 0 Å². The van der Waals surface area contributed by atoms with Crippen molar-refractivity contribution in [2.45, 2.75) is 32.6 Å². The Balaban J connectivity index is 1.56. The van der Waals surface area contributed by atoms with Crippen molar-refractivity contribution in [2.75, 3.05) is 6.54 Å². The molecule has 1 saturated carbocycles. The topological polar surface area (TPSA) is 44.9 Å². The lowest BCUT2D eigenvalue weighted by Crippen LogP contribution is -2.29. The van der Waals surface area contributed by atoms with Gasteiger partial charge in [-0.25, -0.2) is 0 Å². The van der Waals surface area contributed by atoms with E-state index in [1.54, 1.807) is 0 Å². The van der Waals surface area contributed by atoms with Crippen LogP contribution >= 0.6 is 0 Å². The maximum Gasteiger partial charge on any atom is 0.224 e. The minimum Gasteiger partial charge on any atom is -0.361 e. The molecule has 2 unspecified atom stereocenters. The summed E-state index contributed by atoms with van der Waals surface area (Å²) in [7, 11) is 0. The predicted molar refractivity (Wildman–Crippen MR) is 81.5 cm³/mol. The molecule has 2 N–H and O–H groups in total. The average Bonchev–Trinajstić information content (AvgIpc) is 3.04. The van der Waals surface area contributed by atoms with Gasteiger partial charge in [0.15, 0.2) is 0 Å². The number of benzene rings is 1. The Labute approximate surface area is 119 Å². The number of aromatic nitrogens is 1. The maximum atomic E-state index is 12.1. The van der Waals surface area contributed by atoms with E-state index in [1.807, 2.05) is 24.4 Å². The second kappa shape index (κ2) is 5.70. The molecule has 0 saturated heterocycles. The van der Waals surface area contributed by atoms with Crippen LogP contribution in [0.15, 0.2) is 30.5 Å². The van der Waals surface area contributed by atoms with Crippen LogP contribution in [0.25, 0.3) is 10.9 Å². The molecular weight excluding hydrogens is 248 g/mol. The zero-order valence-electron chi connectivity index (χ0n) is 12.0. The largest absolute Gasteiger partial charge is 0.361 e. The summed E-state index contributed by atoms with van der Waals surface area (Å²) in [5.74, 6) is 1.64. The first-order valence-electron chi connectivity index (χ1n) is 7.54. The molecule has 0 bridgehead atoms. The number of carbonyl (C=O) groups excluding carboxylic acids is 1. The highest BCUT2D eigenvalue weighted by Crippen LogP contribution is 2.29. The summed E-state index contributed by atoms with van der Waals surface area (Å²) in [6.07, 6.45) is 6.24. The fourth-order valence-corrected chi connectivity index (χ4v) is 3.28. The number of fused-ring (bicyclic) bond motifs is 1. The Morgan fingerprint density at radius 3 is 3.00 bits per heavy atom. The predicted octanol–water partition coefficient (Wildman–Crippen LogP) is 3.26. The minimum atomic E-state index is 0.134. The van der Waals surface area contributed by atoms with Gasteiger partial charge in [0.1, 0.15) is 0 Å². The number of hydrogen-bond acceptors (Lipinski definition) is 1. The quantitative estimate of drug-likeness (QED) is 0.880. The van der Waals surface area contributed by atoms with Crippen LogP contribution in [0.1, 0.15) is 31.7 Å². The third-order valence-electron chi connectivity index (χ3n) is 4.42. The lowest BCUT2D eigenvalue weighted by molar-refractivity contribution is -0.120. The molecule has 1 fully saturated rings. The lowest BCUT2D eigenvalue weighted by Gasteiger charge is -2.10. The first-order valence-corrected chi connectivity index (χ1v) is 7.54. The van der Waals surface area contributed by atoms with Crippen LogP contribution in [-0.2, 0) is 11.2 Å². The molecule has 0 spiro atoms. The van der Waals surface area contributed by atoms with Crippen molar-refractivity contribution in [3.8, 4) is 0 Å². The number of H-pyrrole nitrogens is 1. The van der Waals surface area contributed by atoms with E-state index < -0.39 is 0 Å². The molecule has 1 aromatic heterocycles. The monoisotopic (exact) mass is 270 g/mol. The highest BCUT2D eigenvalue weighted by molar-refractivity contribution is 5.88. The molecule has 3 nitrogen and oxygen atoms in total. The number of aromatic amines is 1. The maximum absolute atomic E-state index is 12.1. The fraction of sp³-hybridized carbons (Fsp3) is 0.471. The van der Waals surface area contributed by atoms with Crippen LogP contribution in [0.2, 0.25) is 0 Å². The second-order valence-electron chi connectivity index (χ2n) is 6.12. The van der Waals surface area contributed by atoms with Gasteiger partial charge in [0.05, 0.1) is 6.42 Å². The van der Waals surface area contributed by atoms with Gasteiger partial charge in [-0.05, 0) is 36.3 Å². The van der Waals surface area contributed by atoms with Crippen molar-refractivity contribution in [2.24, 2.45) is 11.8 Å². The Morgan fingerprint density at radius 1 is 1.35 bits per heavy atom. The van der Waals surface area contributed by atoms with Gasteiger partial charge < -0.3 is 10.3 Å². The molecule has 3 rings (SSSR count). The van der Waals surface area contributed by atoms with E-state index in [0.29, 0.717) is 12.3 Å². The summed E-state index contributed by atoms with van der Waals surface area (Å²) in [5, 5.41) is 4.25. The molecule has 20 heavy (non-hydrogen) atoms. The summed E-state index contributed by atoms with van der Waals surface area (Å²) >= 11 is 0. The van der Waals surface area contributed by atoms with E-state index in [1.165, 1.54) is 19.3 Å². The Bertz CT molecular complexity index is 602. The van der Waals surface area contributed by atoms with Gasteiger partial charge in [-0.3, -0.25) is 4.79 Å². The molecule has 1 aliphatic rings. The van der Waals surface area contributed by atoms with Gasteiger partial charge >= 0.3 is 0 Å². The second-order valence-corrected chi connectivity index (χ2v) is 6.12. The van der Waals surface area contributed by atoms with E-state index in [9.17, 15) is 4.79 Å². The number of carbonyl (C=O) groups is 1. The zero-order valence-corrected chi connectivity index (χ0v) is 12.0. The summed E-state index contributed by atoms with van der Waals surface area (Å²) in [4.78, 5) is 15.3. The smallest absolute Gasteiger partial charge is 0.224 e. The summed E-state index contributed by atoms with van der Waals surface area (Å²) < 4.78 is 0. The van der Waals surface area contributed by atoms with E-state index in [0.717, 1.165) is 28.9 Å². The van der Waals surface area contributed by atoms with Crippen LogP contribution < -0.4 is 5.32 Å². The van der Waals surface area contributed by atoms with Crippen molar-refractivity contribution in [1.29, 1.82) is 0 Å². The fourth-order valence-electron chi connectivity index (χ4n) is 3.28. The molecule has 1 aromatic carbocycles. The number of hydrogen-bond donors (Lipinski definition) is 2. The van der Waals surface area contributed by atoms with Gasteiger partial charge in [-0.15, -0.1) is 0 Å². The number of nitrogens with one attached hydrogen (secondary N) is 2. The SMILES string of the molecule is CC1CCC(CNC(=O)Cc2c[nH]c3ccccc23)C1. The van der Waals surface area contributed by atoms with E-state index in [2.05, 4.69) is 23.3 Å².